The predicted molar refractivity (Wildman–Crippen MR) is 68.9 cm³/mol. The Labute approximate surface area is 111 Å². The van der Waals surface area contributed by atoms with Crippen LogP contribution in [0, 0.1) is 0 Å². The first-order valence-corrected chi connectivity index (χ1v) is 6.09. The molecular formula is C11H8BrCl2NO. The smallest absolute Gasteiger partial charge is 0.169 e. The average molecular weight is 321 g/mol. The van der Waals surface area contributed by atoms with Gasteiger partial charge in [0, 0.05) is 0 Å². The number of furan rings is 1. The predicted octanol–water partition coefficient (Wildman–Crippen LogP) is 4.40. The van der Waals surface area contributed by atoms with E-state index in [-0.39, 0.29) is 0 Å². The van der Waals surface area contributed by atoms with Gasteiger partial charge in [0.25, 0.3) is 0 Å². The maximum Gasteiger partial charge on any atom is 0.169 e. The van der Waals surface area contributed by atoms with Crippen molar-refractivity contribution in [3.63, 3.8) is 0 Å². The molecule has 0 amide bonds. The first kappa shape index (κ1) is 12.0. The molecule has 1 aromatic carbocycles. The molecule has 84 valence electrons. The van der Waals surface area contributed by atoms with Gasteiger partial charge in [-0.2, -0.15) is 0 Å². The summed E-state index contributed by atoms with van der Waals surface area (Å²) >= 11 is 15.2. The first-order valence-electron chi connectivity index (χ1n) is 4.54. The molecule has 5 heteroatoms. The van der Waals surface area contributed by atoms with E-state index in [0.717, 1.165) is 5.56 Å². The Kier molecular flexibility index (Phi) is 3.60. The highest BCUT2D eigenvalue weighted by Crippen LogP contribution is 2.32. The number of nitrogens with two attached hydrogens (primary N) is 1. The topological polar surface area (TPSA) is 39.2 Å². The van der Waals surface area contributed by atoms with E-state index in [1.54, 1.807) is 24.3 Å². The zero-order valence-corrected chi connectivity index (χ0v) is 11.2. The van der Waals surface area contributed by atoms with Crippen molar-refractivity contribution in [3.05, 3.63) is 56.4 Å². The minimum Gasteiger partial charge on any atom is -0.452 e. The van der Waals surface area contributed by atoms with Gasteiger partial charge in [-0.05, 0) is 39.7 Å². The third-order valence-electron chi connectivity index (χ3n) is 2.22. The summed E-state index contributed by atoms with van der Waals surface area (Å²) in [7, 11) is 0. The van der Waals surface area contributed by atoms with Crippen molar-refractivity contribution in [1.82, 2.24) is 0 Å². The van der Waals surface area contributed by atoms with Crippen molar-refractivity contribution in [2.24, 2.45) is 5.73 Å². The molecule has 1 atom stereocenters. The molecule has 0 bridgehead atoms. The van der Waals surface area contributed by atoms with Crippen LogP contribution in [0.2, 0.25) is 10.0 Å². The van der Waals surface area contributed by atoms with E-state index >= 15 is 0 Å². The van der Waals surface area contributed by atoms with Crippen LogP contribution in [0.3, 0.4) is 0 Å². The maximum absolute atomic E-state index is 6.08. The fourth-order valence-corrected chi connectivity index (χ4v) is 2.15. The molecule has 0 aliphatic rings. The normalized spacial score (nSPS) is 12.8. The molecule has 2 nitrogen and oxygen atoms in total. The van der Waals surface area contributed by atoms with Gasteiger partial charge in [0.05, 0.1) is 16.1 Å². The summed E-state index contributed by atoms with van der Waals surface area (Å²) < 4.78 is 6.02. The van der Waals surface area contributed by atoms with Crippen molar-refractivity contribution in [2.45, 2.75) is 6.04 Å². The van der Waals surface area contributed by atoms with Crippen molar-refractivity contribution < 1.29 is 4.42 Å². The molecule has 1 unspecified atom stereocenters. The number of benzene rings is 1. The highest BCUT2D eigenvalue weighted by atomic mass is 79.9. The van der Waals surface area contributed by atoms with Crippen molar-refractivity contribution in [3.8, 4) is 0 Å². The quantitative estimate of drug-likeness (QED) is 0.891. The van der Waals surface area contributed by atoms with Gasteiger partial charge in [-0.25, -0.2) is 0 Å². The summed E-state index contributed by atoms with van der Waals surface area (Å²) in [6.45, 7) is 0. The summed E-state index contributed by atoms with van der Waals surface area (Å²) in [6.07, 6.45) is 0. The molecule has 0 aliphatic heterocycles. The monoisotopic (exact) mass is 319 g/mol. The van der Waals surface area contributed by atoms with Crippen LogP contribution in [0.4, 0.5) is 0 Å². The molecule has 0 fully saturated rings. The van der Waals surface area contributed by atoms with Crippen molar-refractivity contribution in [1.29, 1.82) is 0 Å². The molecule has 1 aromatic heterocycles. The second kappa shape index (κ2) is 4.80. The number of halogens is 3. The molecular weight excluding hydrogens is 313 g/mol. The third kappa shape index (κ3) is 2.28. The SMILES string of the molecule is NC(c1ccc(Br)o1)c1cccc(Cl)c1Cl. The molecule has 16 heavy (non-hydrogen) atoms. The van der Waals surface area contributed by atoms with Gasteiger partial charge in [0.15, 0.2) is 4.67 Å². The molecule has 2 N–H and O–H groups in total. The van der Waals surface area contributed by atoms with E-state index in [1.807, 2.05) is 6.07 Å². The van der Waals surface area contributed by atoms with Crippen LogP contribution < -0.4 is 5.73 Å². The molecule has 0 saturated heterocycles. The fraction of sp³-hybridized carbons (Fsp3) is 0.0909. The summed E-state index contributed by atoms with van der Waals surface area (Å²) in [5, 5.41) is 0.949. The van der Waals surface area contributed by atoms with Crippen LogP contribution in [0.5, 0.6) is 0 Å². The molecule has 1 heterocycles. The van der Waals surface area contributed by atoms with Crippen LogP contribution in [0.15, 0.2) is 39.4 Å². The van der Waals surface area contributed by atoms with Crippen LogP contribution >= 0.6 is 39.1 Å². The Balaban J connectivity index is 2.41. The zero-order valence-electron chi connectivity index (χ0n) is 8.08. The van der Waals surface area contributed by atoms with E-state index < -0.39 is 6.04 Å². The van der Waals surface area contributed by atoms with Gasteiger partial charge >= 0.3 is 0 Å². The average Bonchev–Trinajstić information content (AvgIpc) is 2.68. The van der Waals surface area contributed by atoms with Gasteiger partial charge in [-0.1, -0.05) is 35.3 Å². The number of hydrogen-bond donors (Lipinski definition) is 1. The summed E-state index contributed by atoms with van der Waals surface area (Å²) in [5.74, 6) is 0.635. The largest absolute Gasteiger partial charge is 0.452 e. The summed E-state index contributed by atoms with van der Waals surface area (Å²) in [6, 6.07) is 8.52. The van der Waals surface area contributed by atoms with Crippen molar-refractivity contribution in [2.75, 3.05) is 0 Å². The Morgan fingerprint density at radius 1 is 1.19 bits per heavy atom. The van der Waals surface area contributed by atoms with Gasteiger partial charge in [0.1, 0.15) is 5.76 Å². The second-order valence-electron chi connectivity index (χ2n) is 3.26. The van der Waals surface area contributed by atoms with E-state index in [1.165, 1.54) is 0 Å². The summed E-state index contributed by atoms with van der Waals surface area (Å²) in [4.78, 5) is 0. The highest BCUT2D eigenvalue weighted by molar-refractivity contribution is 9.10. The number of rotatable bonds is 2. The summed E-state index contributed by atoms with van der Waals surface area (Å²) in [5.41, 5.74) is 6.79. The van der Waals surface area contributed by atoms with Crippen LogP contribution in [-0.4, -0.2) is 0 Å². The first-order chi connectivity index (χ1) is 7.59. The molecule has 0 radical (unpaired) electrons. The maximum atomic E-state index is 6.08. The van der Waals surface area contributed by atoms with Crippen LogP contribution in [0.25, 0.3) is 0 Å². The van der Waals surface area contributed by atoms with E-state index in [2.05, 4.69) is 15.9 Å². The molecule has 2 aromatic rings. The highest BCUT2D eigenvalue weighted by Gasteiger charge is 2.17. The Bertz CT molecular complexity index is 512. The lowest BCUT2D eigenvalue weighted by Gasteiger charge is -2.11. The van der Waals surface area contributed by atoms with E-state index in [4.69, 9.17) is 33.4 Å². The Hall–Kier alpha value is -0.480. The van der Waals surface area contributed by atoms with Gasteiger partial charge in [-0.3, -0.25) is 0 Å². The minimum absolute atomic E-state index is 0.419. The van der Waals surface area contributed by atoms with Gasteiger partial charge in [-0.15, -0.1) is 0 Å². The zero-order chi connectivity index (χ0) is 11.7. The van der Waals surface area contributed by atoms with Gasteiger partial charge < -0.3 is 10.2 Å². The Morgan fingerprint density at radius 2 is 1.94 bits per heavy atom. The number of hydrogen-bond acceptors (Lipinski definition) is 2. The Morgan fingerprint density at radius 3 is 2.56 bits per heavy atom. The standard InChI is InChI=1S/C11H8BrCl2NO/c12-9-5-4-8(16-9)11(15)6-2-1-3-7(13)10(6)14/h1-5,11H,15H2. The van der Waals surface area contributed by atoms with Crippen LogP contribution in [0.1, 0.15) is 17.4 Å². The van der Waals surface area contributed by atoms with Crippen LogP contribution in [-0.2, 0) is 0 Å². The molecule has 0 spiro atoms. The van der Waals surface area contributed by atoms with Gasteiger partial charge in [0.2, 0.25) is 0 Å². The van der Waals surface area contributed by atoms with E-state index in [9.17, 15) is 0 Å². The van der Waals surface area contributed by atoms with E-state index in [0.29, 0.717) is 20.5 Å². The lowest BCUT2D eigenvalue weighted by molar-refractivity contribution is 0.470. The fourth-order valence-electron chi connectivity index (χ4n) is 1.41. The van der Waals surface area contributed by atoms with Crippen molar-refractivity contribution >= 4 is 39.1 Å². The second-order valence-corrected chi connectivity index (χ2v) is 4.83. The lowest BCUT2D eigenvalue weighted by Crippen LogP contribution is -2.11. The molecule has 0 aliphatic carbocycles. The third-order valence-corrected chi connectivity index (χ3v) is 3.48. The lowest BCUT2D eigenvalue weighted by atomic mass is 10.1. The molecule has 2 rings (SSSR count). The molecule has 0 saturated carbocycles. The minimum atomic E-state index is -0.419.